The van der Waals surface area contributed by atoms with Gasteiger partial charge in [0.1, 0.15) is 17.4 Å². The van der Waals surface area contributed by atoms with E-state index in [0.29, 0.717) is 53.1 Å². The second-order valence-electron chi connectivity index (χ2n) is 8.42. The van der Waals surface area contributed by atoms with Crippen molar-refractivity contribution in [1.82, 2.24) is 4.57 Å². The lowest BCUT2D eigenvalue weighted by Crippen LogP contribution is -2.35. The lowest BCUT2D eigenvalue weighted by molar-refractivity contribution is -0.159. The fourth-order valence-corrected chi connectivity index (χ4v) is 3.52. The summed E-state index contributed by atoms with van der Waals surface area (Å²) < 4.78 is 12.4. The third-order valence-corrected chi connectivity index (χ3v) is 5.04. The summed E-state index contributed by atoms with van der Waals surface area (Å²) in [5.74, 6) is -0.189. The van der Waals surface area contributed by atoms with E-state index in [9.17, 15) is 14.9 Å². The lowest BCUT2D eigenvalue weighted by Gasteiger charge is -2.26. The Bertz CT molecular complexity index is 1050. The summed E-state index contributed by atoms with van der Waals surface area (Å²) in [5, 5.41) is 18.9. The van der Waals surface area contributed by atoms with E-state index in [1.54, 1.807) is 39.0 Å². The normalized spacial score (nSPS) is 12.2. The Morgan fingerprint density at radius 3 is 2.53 bits per heavy atom. The third kappa shape index (κ3) is 6.59. The minimum absolute atomic E-state index is 0.0699. The summed E-state index contributed by atoms with van der Waals surface area (Å²) in [6, 6.07) is 7.37. The predicted molar refractivity (Wildman–Crippen MR) is 123 cm³/mol. The Hall–Kier alpha value is -2.82. The van der Waals surface area contributed by atoms with Gasteiger partial charge in [-0.25, -0.2) is 4.79 Å². The number of aromatic nitrogens is 1. The van der Waals surface area contributed by atoms with E-state index in [1.807, 2.05) is 0 Å². The number of esters is 1. The first-order chi connectivity index (χ1) is 15.1. The Labute approximate surface area is 193 Å². The third-order valence-electron chi connectivity index (χ3n) is 4.81. The number of halogens is 1. The molecule has 1 aromatic carbocycles. The Morgan fingerprint density at radius 1 is 1.22 bits per heavy atom. The second kappa shape index (κ2) is 11.2. The molecule has 0 radical (unpaired) electrons. The fourth-order valence-electron chi connectivity index (χ4n) is 3.35. The highest BCUT2D eigenvalue weighted by Crippen LogP contribution is 2.34. The fraction of sp³-hybridized carbons (Fsp3) is 0.458. The first-order valence-corrected chi connectivity index (χ1v) is 10.8. The van der Waals surface area contributed by atoms with Gasteiger partial charge >= 0.3 is 5.97 Å². The van der Waals surface area contributed by atoms with E-state index < -0.39 is 23.2 Å². The van der Waals surface area contributed by atoms with Crippen molar-refractivity contribution in [2.45, 2.75) is 58.1 Å². The summed E-state index contributed by atoms with van der Waals surface area (Å²) in [4.78, 5) is 26.1. The molecular weight excluding hydrogens is 432 g/mol. The molecule has 0 spiro atoms. The van der Waals surface area contributed by atoms with Gasteiger partial charge in [0.25, 0.3) is 5.56 Å². The molecule has 172 valence electrons. The molecule has 0 aliphatic carbocycles. The number of ether oxygens (including phenoxy) is 2. The van der Waals surface area contributed by atoms with Crippen molar-refractivity contribution in [3.05, 3.63) is 51.4 Å². The number of hydrogen-bond acceptors (Lipinski definition) is 6. The highest BCUT2D eigenvalue weighted by molar-refractivity contribution is 6.31. The first-order valence-electron chi connectivity index (χ1n) is 10.4. The number of aliphatic hydroxyl groups excluding tert-OH is 1. The lowest BCUT2D eigenvalue weighted by atomic mass is 10.00. The molecule has 2 rings (SSSR count). The average molecular weight is 461 g/mol. The van der Waals surface area contributed by atoms with Gasteiger partial charge in [0.05, 0.1) is 24.9 Å². The van der Waals surface area contributed by atoms with Gasteiger partial charge in [0.15, 0.2) is 0 Å². The van der Waals surface area contributed by atoms with Crippen LogP contribution in [0.15, 0.2) is 35.3 Å². The summed E-state index contributed by atoms with van der Waals surface area (Å²) in [7, 11) is 1.45. The van der Waals surface area contributed by atoms with Crippen LogP contribution >= 0.6 is 11.6 Å². The summed E-state index contributed by atoms with van der Waals surface area (Å²) >= 11 is 6.11. The van der Waals surface area contributed by atoms with Gasteiger partial charge in [0, 0.05) is 28.8 Å². The molecule has 0 fully saturated rings. The van der Waals surface area contributed by atoms with Crippen LogP contribution in [0, 0.1) is 11.3 Å². The zero-order valence-corrected chi connectivity index (χ0v) is 19.6. The molecule has 1 aromatic heterocycles. The quantitative estimate of drug-likeness (QED) is 0.437. The van der Waals surface area contributed by atoms with E-state index in [2.05, 4.69) is 6.07 Å². The smallest absolute Gasteiger partial charge is 0.329 e. The molecule has 0 saturated heterocycles. The van der Waals surface area contributed by atoms with Crippen molar-refractivity contribution in [2.75, 3.05) is 13.7 Å². The SMILES string of the molecule is COc1cn(C(CCCCCO)C(=O)OC(C)(C)C)c(=O)cc1-c1cc(Cl)ccc1C#N. The highest BCUT2D eigenvalue weighted by Gasteiger charge is 2.28. The molecule has 1 N–H and O–H groups in total. The van der Waals surface area contributed by atoms with Crippen LogP contribution < -0.4 is 10.3 Å². The minimum Gasteiger partial charge on any atom is -0.495 e. The van der Waals surface area contributed by atoms with Crippen LogP contribution in [-0.2, 0) is 9.53 Å². The van der Waals surface area contributed by atoms with E-state index in [-0.39, 0.29) is 6.61 Å². The molecule has 0 aliphatic heterocycles. The van der Waals surface area contributed by atoms with Crippen LogP contribution in [0.25, 0.3) is 11.1 Å². The van der Waals surface area contributed by atoms with Gasteiger partial charge in [-0.3, -0.25) is 9.36 Å². The van der Waals surface area contributed by atoms with Crippen molar-refractivity contribution < 1.29 is 19.4 Å². The van der Waals surface area contributed by atoms with Crippen LogP contribution in [0.2, 0.25) is 5.02 Å². The van der Waals surface area contributed by atoms with Crippen molar-refractivity contribution >= 4 is 17.6 Å². The van der Waals surface area contributed by atoms with E-state index in [0.717, 1.165) is 0 Å². The molecule has 2 aromatic rings. The molecule has 32 heavy (non-hydrogen) atoms. The molecular formula is C24H29ClN2O5. The zero-order chi connectivity index (χ0) is 23.9. The molecule has 1 heterocycles. The maximum Gasteiger partial charge on any atom is 0.329 e. The molecule has 0 saturated carbocycles. The number of carbonyl (C=O) groups is 1. The van der Waals surface area contributed by atoms with Crippen LogP contribution in [0.4, 0.5) is 0 Å². The highest BCUT2D eigenvalue weighted by atomic mass is 35.5. The minimum atomic E-state index is -0.849. The number of nitrogens with zero attached hydrogens (tertiary/aromatic N) is 2. The van der Waals surface area contributed by atoms with Crippen molar-refractivity contribution in [2.24, 2.45) is 0 Å². The number of methoxy groups -OCH3 is 1. The van der Waals surface area contributed by atoms with Gasteiger partial charge in [-0.15, -0.1) is 0 Å². The molecule has 0 aliphatic rings. The van der Waals surface area contributed by atoms with Crippen LogP contribution in [0.5, 0.6) is 5.75 Å². The van der Waals surface area contributed by atoms with Crippen molar-refractivity contribution in [3.8, 4) is 22.9 Å². The number of aliphatic hydroxyl groups is 1. The number of rotatable bonds is 9. The van der Waals surface area contributed by atoms with Crippen LogP contribution in [0.1, 0.15) is 58.1 Å². The summed E-state index contributed by atoms with van der Waals surface area (Å²) in [5.41, 5.74) is 0.0883. The summed E-state index contributed by atoms with van der Waals surface area (Å²) in [6.45, 7) is 5.37. The first kappa shape index (κ1) is 25.4. The second-order valence-corrected chi connectivity index (χ2v) is 8.86. The number of carbonyl (C=O) groups excluding carboxylic acids is 1. The van der Waals surface area contributed by atoms with Gasteiger partial charge in [-0.05, 0) is 51.8 Å². The Balaban J connectivity index is 2.56. The predicted octanol–water partition coefficient (Wildman–Crippen LogP) is 4.48. The number of unbranched alkanes of at least 4 members (excludes halogenated alkanes) is 2. The van der Waals surface area contributed by atoms with Crippen molar-refractivity contribution in [1.29, 1.82) is 5.26 Å². The van der Waals surface area contributed by atoms with E-state index in [1.165, 1.54) is 23.9 Å². The largest absolute Gasteiger partial charge is 0.495 e. The molecule has 0 amide bonds. The standard InChI is InChI=1S/C24H29ClN2O5/c1-24(2,3)32-23(30)20(8-6-5-7-11-28)27-15-21(31-4)19(13-22(27)29)18-12-17(25)10-9-16(18)14-26/h9-10,12-13,15,20,28H,5-8,11H2,1-4H3. The zero-order valence-electron chi connectivity index (χ0n) is 18.9. The maximum absolute atomic E-state index is 13.1. The van der Waals surface area contributed by atoms with E-state index in [4.69, 9.17) is 26.2 Å². The molecule has 1 atom stereocenters. The molecule has 8 heteroatoms. The van der Waals surface area contributed by atoms with Gasteiger partial charge in [-0.1, -0.05) is 24.4 Å². The monoisotopic (exact) mass is 460 g/mol. The molecule has 7 nitrogen and oxygen atoms in total. The molecule has 1 unspecified atom stereocenters. The van der Waals surface area contributed by atoms with Gasteiger partial charge < -0.3 is 14.6 Å². The van der Waals surface area contributed by atoms with Gasteiger partial charge in [-0.2, -0.15) is 5.26 Å². The van der Waals surface area contributed by atoms with Crippen LogP contribution in [-0.4, -0.2) is 35.0 Å². The van der Waals surface area contributed by atoms with Gasteiger partial charge in [0.2, 0.25) is 0 Å². The summed E-state index contributed by atoms with van der Waals surface area (Å²) in [6.07, 6.45) is 3.81. The Kier molecular flexibility index (Phi) is 8.88. The number of benzene rings is 1. The number of pyridine rings is 1. The molecule has 0 bridgehead atoms. The van der Waals surface area contributed by atoms with E-state index >= 15 is 0 Å². The number of nitriles is 1. The average Bonchev–Trinajstić information content (AvgIpc) is 2.72. The number of hydrogen-bond donors (Lipinski definition) is 1. The maximum atomic E-state index is 13.1. The topological polar surface area (TPSA) is 102 Å². The Morgan fingerprint density at radius 2 is 1.94 bits per heavy atom. The van der Waals surface area contributed by atoms with Crippen LogP contribution in [0.3, 0.4) is 0 Å². The van der Waals surface area contributed by atoms with Crippen molar-refractivity contribution in [3.63, 3.8) is 0 Å².